The Hall–Kier alpha value is -0.370. The Bertz CT molecular complexity index is 76.6. The van der Waals surface area contributed by atoms with Gasteiger partial charge >= 0.3 is 0 Å². The van der Waals surface area contributed by atoms with Crippen molar-refractivity contribution in [3.05, 3.63) is 0 Å². The second kappa shape index (κ2) is 2.82. The monoisotopic (exact) mass is 113 g/mol. The normalized spacial score (nSPS) is 29.8. The highest BCUT2D eigenvalue weighted by Crippen LogP contribution is 2.12. The SMILES string of the molecule is C=NC1CCCCO1. The molecule has 1 fully saturated rings. The zero-order valence-corrected chi connectivity index (χ0v) is 4.97. The van der Waals surface area contributed by atoms with Crippen molar-refractivity contribution in [3.63, 3.8) is 0 Å². The van der Waals surface area contributed by atoms with Gasteiger partial charge in [-0.2, -0.15) is 0 Å². The van der Waals surface area contributed by atoms with E-state index in [0.29, 0.717) is 0 Å². The first-order valence-electron chi connectivity index (χ1n) is 3.01. The van der Waals surface area contributed by atoms with Gasteiger partial charge in [-0.1, -0.05) is 0 Å². The van der Waals surface area contributed by atoms with Crippen molar-refractivity contribution in [1.29, 1.82) is 0 Å². The molecule has 1 atom stereocenters. The van der Waals surface area contributed by atoms with E-state index in [1.54, 1.807) is 0 Å². The van der Waals surface area contributed by atoms with Gasteiger partial charge < -0.3 is 4.74 Å². The van der Waals surface area contributed by atoms with Crippen molar-refractivity contribution >= 4 is 6.72 Å². The predicted molar refractivity (Wildman–Crippen MR) is 33.1 cm³/mol. The van der Waals surface area contributed by atoms with E-state index >= 15 is 0 Å². The highest BCUT2D eigenvalue weighted by atomic mass is 16.5. The average molecular weight is 113 g/mol. The van der Waals surface area contributed by atoms with Crippen LogP contribution in [0.25, 0.3) is 0 Å². The maximum atomic E-state index is 5.20. The van der Waals surface area contributed by atoms with Crippen LogP contribution in [0.3, 0.4) is 0 Å². The van der Waals surface area contributed by atoms with Crippen molar-refractivity contribution in [2.45, 2.75) is 25.5 Å². The summed E-state index contributed by atoms with van der Waals surface area (Å²) < 4.78 is 5.20. The maximum Gasteiger partial charge on any atom is 0.147 e. The quantitative estimate of drug-likeness (QED) is 0.468. The largest absolute Gasteiger partial charge is 0.357 e. The molecule has 0 N–H and O–H groups in total. The smallest absolute Gasteiger partial charge is 0.147 e. The molecule has 46 valence electrons. The number of ether oxygens (including phenoxy) is 1. The molecule has 0 amide bonds. The molecule has 1 rings (SSSR count). The molecular formula is C6H11NO. The fraction of sp³-hybridized carbons (Fsp3) is 0.833. The molecule has 1 saturated heterocycles. The molecule has 0 aromatic rings. The number of hydrogen-bond acceptors (Lipinski definition) is 2. The van der Waals surface area contributed by atoms with Gasteiger partial charge in [0.15, 0.2) is 0 Å². The van der Waals surface area contributed by atoms with Crippen LogP contribution in [0.1, 0.15) is 19.3 Å². The molecule has 0 saturated carbocycles. The molecule has 1 aliphatic heterocycles. The summed E-state index contributed by atoms with van der Waals surface area (Å²) in [7, 11) is 0. The van der Waals surface area contributed by atoms with E-state index in [4.69, 9.17) is 4.74 Å². The second-order valence-corrected chi connectivity index (χ2v) is 2.00. The molecule has 2 nitrogen and oxygen atoms in total. The molecule has 0 bridgehead atoms. The molecule has 1 unspecified atom stereocenters. The summed E-state index contributed by atoms with van der Waals surface area (Å²) in [6, 6.07) is 0. The van der Waals surface area contributed by atoms with Crippen molar-refractivity contribution in [2.24, 2.45) is 4.99 Å². The second-order valence-electron chi connectivity index (χ2n) is 2.00. The highest BCUT2D eigenvalue weighted by Gasteiger charge is 2.09. The Balaban J connectivity index is 2.22. The lowest BCUT2D eigenvalue weighted by molar-refractivity contribution is 0.0229. The third-order valence-electron chi connectivity index (χ3n) is 1.36. The van der Waals surface area contributed by atoms with E-state index in [1.165, 1.54) is 12.8 Å². The summed E-state index contributed by atoms with van der Waals surface area (Å²) in [5, 5.41) is 0. The summed E-state index contributed by atoms with van der Waals surface area (Å²) in [5.41, 5.74) is 0. The summed E-state index contributed by atoms with van der Waals surface area (Å²) in [5.74, 6) is 0. The third kappa shape index (κ3) is 1.30. The van der Waals surface area contributed by atoms with Gasteiger partial charge in [0.25, 0.3) is 0 Å². The van der Waals surface area contributed by atoms with Crippen LogP contribution in [0.2, 0.25) is 0 Å². The van der Waals surface area contributed by atoms with Crippen molar-refractivity contribution < 1.29 is 4.74 Å². The molecule has 0 radical (unpaired) electrons. The van der Waals surface area contributed by atoms with Crippen LogP contribution >= 0.6 is 0 Å². The molecule has 1 heterocycles. The fourth-order valence-corrected chi connectivity index (χ4v) is 0.868. The molecule has 1 aliphatic rings. The van der Waals surface area contributed by atoms with Gasteiger partial charge in [0.05, 0.1) is 0 Å². The summed E-state index contributed by atoms with van der Waals surface area (Å²) in [4.78, 5) is 3.78. The van der Waals surface area contributed by atoms with Crippen LogP contribution in [0.15, 0.2) is 4.99 Å². The minimum Gasteiger partial charge on any atom is -0.357 e. The topological polar surface area (TPSA) is 21.6 Å². The lowest BCUT2D eigenvalue weighted by Gasteiger charge is -2.17. The number of rotatable bonds is 1. The van der Waals surface area contributed by atoms with E-state index in [-0.39, 0.29) is 6.23 Å². The third-order valence-corrected chi connectivity index (χ3v) is 1.36. The van der Waals surface area contributed by atoms with E-state index < -0.39 is 0 Å². The maximum absolute atomic E-state index is 5.20. The summed E-state index contributed by atoms with van der Waals surface area (Å²) >= 11 is 0. The first kappa shape index (κ1) is 5.76. The summed E-state index contributed by atoms with van der Waals surface area (Å²) in [6.07, 6.45) is 3.59. The minimum absolute atomic E-state index is 0.101. The zero-order valence-electron chi connectivity index (χ0n) is 4.97. The molecule has 0 aromatic carbocycles. The molecule has 0 spiro atoms. The Morgan fingerprint density at radius 2 is 2.38 bits per heavy atom. The first-order chi connectivity index (χ1) is 3.93. The lowest BCUT2D eigenvalue weighted by atomic mass is 10.2. The average Bonchev–Trinajstić information content (AvgIpc) is 1.90. The Morgan fingerprint density at radius 1 is 1.50 bits per heavy atom. The van der Waals surface area contributed by atoms with Crippen LogP contribution in [-0.2, 0) is 4.74 Å². The van der Waals surface area contributed by atoms with Gasteiger partial charge in [-0.25, -0.2) is 0 Å². The van der Waals surface area contributed by atoms with E-state index in [1.807, 2.05) is 0 Å². The minimum atomic E-state index is 0.101. The van der Waals surface area contributed by atoms with Crippen molar-refractivity contribution in [3.8, 4) is 0 Å². The van der Waals surface area contributed by atoms with Crippen molar-refractivity contribution in [2.75, 3.05) is 6.61 Å². The Morgan fingerprint density at radius 3 is 2.75 bits per heavy atom. The number of nitrogens with zero attached hydrogens (tertiary/aromatic N) is 1. The predicted octanol–water partition coefficient (Wildman–Crippen LogP) is 1.21. The van der Waals surface area contributed by atoms with Crippen LogP contribution in [0.4, 0.5) is 0 Å². The lowest BCUT2D eigenvalue weighted by Crippen LogP contribution is -2.15. The molecule has 0 aliphatic carbocycles. The van der Waals surface area contributed by atoms with E-state index in [0.717, 1.165) is 13.0 Å². The number of hydrogen-bond donors (Lipinski definition) is 0. The van der Waals surface area contributed by atoms with Crippen LogP contribution in [0, 0.1) is 0 Å². The zero-order chi connectivity index (χ0) is 5.82. The van der Waals surface area contributed by atoms with Gasteiger partial charge in [-0.15, -0.1) is 0 Å². The van der Waals surface area contributed by atoms with E-state index in [2.05, 4.69) is 11.7 Å². The van der Waals surface area contributed by atoms with Gasteiger partial charge in [-0.05, 0) is 26.0 Å². The van der Waals surface area contributed by atoms with Gasteiger partial charge in [0.1, 0.15) is 6.23 Å². The van der Waals surface area contributed by atoms with Crippen LogP contribution in [-0.4, -0.2) is 19.6 Å². The molecule has 8 heavy (non-hydrogen) atoms. The molecule has 2 heteroatoms. The molecular weight excluding hydrogens is 102 g/mol. The van der Waals surface area contributed by atoms with Crippen LogP contribution in [0.5, 0.6) is 0 Å². The summed E-state index contributed by atoms with van der Waals surface area (Å²) in [6.45, 7) is 4.27. The van der Waals surface area contributed by atoms with Crippen molar-refractivity contribution in [1.82, 2.24) is 0 Å². The Labute approximate surface area is 49.6 Å². The van der Waals surface area contributed by atoms with Gasteiger partial charge in [0, 0.05) is 6.61 Å². The van der Waals surface area contributed by atoms with Gasteiger partial charge in [0.2, 0.25) is 0 Å². The first-order valence-corrected chi connectivity index (χ1v) is 3.01. The number of aliphatic imine (C=N–C) groups is 1. The highest BCUT2D eigenvalue weighted by molar-refractivity contribution is 5.23. The van der Waals surface area contributed by atoms with Crippen LogP contribution < -0.4 is 0 Å². The van der Waals surface area contributed by atoms with Gasteiger partial charge in [-0.3, -0.25) is 4.99 Å². The van der Waals surface area contributed by atoms with E-state index in [9.17, 15) is 0 Å². The fourth-order valence-electron chi connectivity index (χ4n) is 0.868. The molecule has 0 aromatic heterocycles. The standard InChI is InChI=1S/C6H11NO/c1-7-6-4-2-3-5-8-6/h6H,1-5H2. The Kier molecular flexibility index (Phi) is 2.03.